The quantitative estimate of drug-likeness (QED) is 0.788. The van der Waals surface area contributed by atoms with Gasteiger partial charge in [-0.3, -0.25) is 4.79 Å². The molecule has 0 atom stereocenters. The highest BCUT2D eigenvalue weighted by Gasteiger charge is 2.23. The average Bonchev–Trinajstić information content (AvgIpc) is 2.46. The monoisotopic (exact) mass is 410 g/mol. The van der Waals surface area contributed by atoms with E-state index in [-0.39, 0.29) is 20.0 Å². The van der Waals surface area contributed by atoms with Gasteiger partial charge < -0.3 is 5.32 Å². The highest BCUT2D eigenvalue weighted by atomic mass is 35.5. The predicted molar refractivity (Wildman–Crippen MR) is 91.7 cm³/mol. The van der Waals surface area contributed by atoms with Gasteiger partial charge in [0.2, 0.25) is 15.9 Å². The largest absolute Gasteiger partial charge is 0.325 e. The average molecular weight is 412 g/mol. The van der Waals surface area contributed by atoms with Crippen molar-refractivity contribution in [1.29, 1.82) is 0 Å². The fourth-order valence-electron chi connectivity index (χ4n) is 1.76. The lowest BCUT2D eigenvalue weighted by atomic mass is 10.3. The molecule has 1 amide bonds. The molecule has 0 fully saturated rings. The van der Waals surface area contributed by atoms with Crippen LogP contribution in [0.25, 0.3) is 0 Å². The lowest BCUT2D eigenvalue weighted by molar-refractivity contribution is -0.115. The van der Waals surface area contributed by atoms with Crippen molar-refractivity contribution in [3.8, 4) is 0 Å². The smallest absolute Gasteiger partial charge is 0.244 e. The van der Waals surface area contributed by atoms with Crippen molar-refractivity contribution in [3.63, 3.8) is 0 Å². The van der Waals surface area contributed by atoms with E-state index in [2.05, 4.69) is 10.0 Å². The molecule has 0 heterocycles. The van der Waals surface area contributed by atoms with Gasteiger partial charge in [-0.2, -0.15) is 0 Å². The van der Waals surface area contributed by atoms with Gasteiger partial charge in [-0.25, -0.2) is 17.5 Å². The molecule has 0 bridgehead atoms. The van der Waals surface area contributed by atoms with Crippen molar-refractivity contribution in [1.82, 2.24) is 4.72 Å². The number of carbonyl (C=O) groups is 1. The Morgan fingerprint density at radius 3 is 2.12 bits per heavy atom. The highest BCUT2D eigenvalue weighted by Crippen LogP contribution is 2.32. The maximum Gasteiger partial charge on any atom is 0.244 e. The van der Waals surface area contributed by atoms with Gasteiger partial charge in [0.1, 0.15) is 10.7 Å². The van der Waals surface area contributed by atoms with Crippen LogP contribution < -0.4 is 10.0 Å². The van der Waals surface area contributed by atoms with Crippen molar-refractivity contribution >= 4 is 56.4 Å². The molecule has 2 aromatic rings. The number of amides is 1. The van der Waals surface area contributed by atoms with Crippen LogP contribution in [0.1, 0.15) is 0 Å². The summed E-state index contributed by atoms with van der Waals surface area (Å²) >= 11 is 17.4. The minimum Gasteiger partial charge on any atom is -0.325 e. The lowest BCUT2D eigenvalue weighted by Crippen LogP contribution is -2.33. The van der Waals surface area contributed by atoms with E-state index in [0.717, 1.165) is 12.1 Å². The summed E-state index contributed by atoms with van der Waals surface area (Å²) in [4.78, 5) is 11.4. The minimum atomic E-state index is -4.13. The summed E-state index contributed by atoms with van der Waals surface area (Å²) < 4.78 is 39.3. The summed E-state index contributed by atoms with van der Waals surface area (Å²) in [5.41, 5.74) is 0.322. The molecule has 10 heteroatoms. The molecule has 0 spiro atoms. The Labute approximate surface area is 152 Å². The summed E-state index contributed by atoms with van der Waals surface area (Å²) in [5, 5.41) is 2.26. The van der Waals surface area contributed by atoms with Crippen molar-refractivity contribution in [3.05, 3.63) is 57.3 Å². The maximum atomic E-state index is 12.8. The number of halogens is 4. The summed E-state index contributed by atoms with van der Waals surface area (Å²) in [5.74, 6) is -1.10. The Morgan fingerprint density at radius 1 is 1.04 bits per heavy atom. The standard InChI is InChI=1S/C14H10Cl3FN2O3S/c15-8-5-11(16)14(12(17)6-8)24(22,23)19-7-13(21)20-10-3-1-9(18)2-4-10/h1-6,19H,7H2,(H,20,21). The van der Waals surface area contributed by atoms with Crippen molar-refractivity contribution in [2.45, 2.75) is 4.90 Å². The third-order valence-corrected chi connectivity index (χ3v) is 5.32. The van der Waals surface area contributed by atoms with Crippen molar-refractivity contribution < 1.29 is 17.6 Å². The second-order valence-electron chi connectivity index (χ2n) is 4.58. The topological polar surface area (TPSA) is 75.3 Å². The molecular weight excluding hydrogens is 402 g/mol. The van der Waals surface area contributed by atoms with E-state index >= 15 is 0 Å². The molecule has 2 aromatic carbocycles. The van der Waals surface area contributed by atoms with Crippen LogP contribution in [0.4, 0.5) is 10.1 Å². The normalized spacial score (nSPS) is 11.3. The van der Waals surface area contributed by atoms with Crippen LogP contribution in [0, 0.1) is 5.82 Å². The zero-order valence-electron chi connectivity index (χ0n) is 11.8. The number of benzene rings is 2. The predicted octanol–water partition coefficient (Wildman–Crippen LogP) is 3.70. The maximum absolute atomic E-state index is 12.8. The van der Waals surface area contributed by atoms with Gasteiger partial charge >= 0.3 is 0 Å². The Balaban J connectivity index is 2.07. The van der Waals surface area contributed by atoms with E-state index in [1.807, 2.05) is 0 Å². The van der Waals surface area contributed by atoms with Crippen LogP contribution >= 0.6 is 34.8 Å². The van der Waals surface area contributed by atoms with Gasteiger partial charge in [-0.15, -0.1) is 0 Å². The molecule has 0 radical (unpaired) electrons. The molecule has 0 aliphatic carbocycles. The van der Waals surface area contributed by atoms with Gasteiger partial charge in [-0.1, -0.05) is 34.8 Å². The molecule has 0 aliphatic heterocycles. The van der Waals surface area contributed by atoms with Crippen LogP contribution in [-0.4, -0.2) is 20.9 Å². The second-order valence-corrected chi connectivity index (χ2v) is 7.53. The molecule has 0 aromatic heterocycles. The summed E-state index contributed by atoms with van der Waals surface area (Å²) in [6, 6.07) is 7.45. The first kappa shape index (κ1) is 19.0. The van der Waals surface area contributed by atoms with Gasteiger partial charge in [0.05, 0.1) is 16.6 Å². The molecule has 24 heavy (non-hydrogen) atoms. The molecule has 0 aliphatic rings. The molecule has 128 valence electrons. The van der Waals surface area contributed by atoms with Gasteiger partial charge in [0.15, 0.2) is 0 Å². The van der Waals surface area contributed by atoms with E-state index < -0.39 is 28.3 Å². The first-order valence-electron chi connectivity index (χ1n) is 6.38. The number of carbonyl (C=O) groups excluding carboxylic acids is 1. The van der Waals surface area contributed by atoms with E-state index in [0.29, 0.717) is 5.69 Å². The van der Waals surface area contributed by atoms with Gasteiger partial charge in [0, 0.05) is 10.7 Å². The van der Waals surface area contributed by atoms with Crippen LogP contribution in [0.3, 0.4) is 0 Å². The number of nitrogens with one attached hydrogen (secondary N) is 2. The molecule has 5 nitrogen and oxygen atoms in total. The van der Waals surface area contributed by atoms with Gasteiger partial charge in [-0.05, 0) is 36.4 Å². The minimum absolute atomic E-state index is 0.168. The van der Waals surface area contributed by atoms with Crippen LogP contribution in [0.2, 0.25) is 15.1 Å². The third-order valence-electron chi connectivity index (χ3n) is 2.78. The Hall–Kier alpha value is -1.38. The van der Waals surface area contributed by atoms with Crippen molar-refractivity contribution in [2.75, 3.05) is 11.9 Å². The third kappa shape index (κ3) is 4.81. The molecule has 2 rings (SSSR count). The highest BCUT2D eigenvalue weighted by molar-refractivity contribution is 7.89. The molecule has 2 N–H and O–H groups in total. The van der Waals surface area contributed by atoms with E-state index in [9.17, 15) is 17.6 Å². The summed E-state index contributed by atoms with van der Waals surface area (Å²) in [7, 11) is -4.13. The molecule has 0 saturated heterocycles. The van der Waals surface area contributed by atoms with Crippen LogP contribution in [-0.2, 0) is 14.8 Å². The molecule has 0 unspecified atom stereocenters. The van der Waals surface area contributed by atoms with Crippen LogP contribution in [0.15, 0.2) is 41.3 Å². The van der Waals surface area contributed by atoms with E-state index in [1.54, 1.807) is 0 Å². The van der Waals surface area contributed by atoms with Crippen LogP contribution in [0.5, 0.6) is 0 Å². The van der Waals surface area contributed by atoms with Gasteiger partial charge in [0.25, 0.3) is 0 Å². The zero-order chi connectivity index (χ0) is 17.9. The van der Waals surface area contributed by atoms with E-state index in [1.165, 1.54) is 24.3 Å². The summed E-state index contributed by atoms with van der Waals surface area (Å²) in [6.45, 7) is -0.561. The Morgan fingerprint density at radius 2 is 1.58 bits per heavy atom. The number of rotatable bonds is 5. The fraction of sp³-hybridized carbons (Fsp3) is 0.0714. The zero-order valence-corrected chi connectivity index (χ0v) is 14.9. The molecular formula is C14H10Cl3FN2O3S. The first-order valence-corrected chi connectivity index (χ1v) is 9.00. The fourth-order valence-corrected chi connectivity index (χ4v) is 4.28. The van der Waals surface area contributed by atoms with Crippen molar-refractivity contribution in [2.24, 2.45) is 0 Å². The first-order chi connectivity index (χ1) is 11.2. The Bertz CT molecular complexity index is 850. The Kier molecular flexibility index (Phi) is 6.06. The number of hydrogen-bond acceptors (Lipinski definition) is 3. The summed E-state index contributed by atoms with van der Waals surface area (Å²) in [6.07, 6.45) is 0. The number of hydrogen-bond donors (Lipinski definition) is 2. The number of sulfonamides is 1. The SMILES string of the molecule is O=C(CNS(=O)(=O)c1c(Cl)cc(Cl)cc1Cl)Nc1ccc(F)cc1. The van der Waals surface area contributed by atoms with E-state index in [4.69, 9.17) is 34.8 Å². The number of anilines is 1. The lowest BCUT2D eigenvalue weighted by Gasteiger charge is -2.11. The molecule has 0 saturated carbocycles. The second kappa shape index (κ2) is 7.67.